The van der Waals surface area contributed by atoms with Crippen LogP contribution < -0.4 is 9.80 Å². The third-order valence-electron chi connectivity index (χ3n) is 8.71. The van der Waals surface area contributed by atoms with Crippen molar-refractivity contribution < 1.29 is 0 Å². The Labute approximate surface area is 283 Å². The molecular formula is C43H32BrN3. The molecule has 0 amide bonds. The molecule has 0 saturated heterocycles. The van der Waals surface area contributed by atoms with Gasteiger partial charge in [-0.1, -0.05) is 88.7 Å². The molecule has 1 heterocycles. The normalized spacial score (nSPS) is 11.2. The molecule has 0 unspecified atom stereocenters. The molecule has 226 valence electrons. The van der Waals surface area contributed by atoms with E-state index in [4.69, 9.17) is 0 Å². The molecule has 4 heteroatoms. The zero-order chi connectivity index (χ0) is 31.7. The number of anilines is 6. The quantitative estimate of drug-likeness (QED) is 0.167. The molecule has 0 radical (unpaired) electrons. The maximum absolute atomic E-state index is 3.68. The van der Waals surface area contributed by atoms with Crippen LogP contribution in [0.25, 0.3) is 27.5 Å². The van der Waals surface area contributed by atoms with E-state index in [2.05, 4.69) is 213 Å². The van der Waals surface area contributed by atoms with Gasteiger partial charge in [0.2, 0.25) is 0 Å². The van der Waals surface area contributed by atoms with Gasteiger partial charge < -0.3 is 14.4 Å². The van der Waals surface area contributed by atoms with Crippen molar-refractivity contribution in [1.29, 1.82) is 0 Å². The summed E-state index contributed by atoms with van der Waals surface area (Å²) in [6.45, 7) is 2.18. The van der Waals surface area contributed by atoms with Gasteiger partial charge in [-0.15, -0.1) is 0 Å². The molecule has 3 nitrogen and oxygen atoms in total. The van der Waals surface area contributed by atoms with Crippen LogP contribution in [0.4, 0.5) is 34.1 Å². The fourth-order valence-electron chi connectivity index (χ4n) is 6.61. The summed E-state index contributed by atoms with van der Waals surface area (Å²) in [5.41, 5.74) is 11.4. The van der Waals surface area contributed by atoms with Gasteiger partial charge in [-0.05, 0) is 116 Å². The van der Waals surface area contributed by atoms with Gasteiger partial charge in [-0.25, -0.2) is 0 Å². The smallest absolute Gasteiger partial charge is 0.0542 e. The summed E-state index contributed by atoms with van der Waals surface area (Å²) in [5.74, 6) is 0. The molecule has 0 aliphatic rings. The first kappa shape index (κ1) is 28.9. The zero-order valence-electron chi connectivity index (χ0n) is 26.0. The van der Waals surface area contributed by atoms with Crippen LogP contribution in [0.15, 0.2) is 180 Å². The lowest BCUT2D eigenvalue weighted by atomic mass is 10.1. The van der Waals surface area contributed by atoms with Crippen LogP contribution in [0, 0.1) is 6.92 Å². The van der Waals surface area contributed by atoms with E-state index in [1.54, 1.807) is 0 Å². The summed E-state index contributed by atoms with van der Waals surface area (Å²) in [6.07, 6.45) is 0. The van der Waals surface area contributed by atoms with Crippen LogP contribution in [0.2, 0.25) is 0 Å². The Hall–Kier alpha value is -5.58. The lowest BCUT2D eigenvalue weighted by molar-refractivity contribution is 1.14. The van der Waals surface area contributed by atoms with Crippen LogP contribution in [-0.4, -0.2) is 4.57 Å². The predicted octanol–water partition coefficient (Wildman–Crippen LogP) is 12.8. The minimum Gasteiger partial charge on any atom is -0.310 e. The monoisotopic (exact) mass is 669 g/mol. The van der Waals surface area contributed by atoms with Gasteiger partial charge in [-0.3, -0.25) is 0 Å². The van der Waals surface area contributed by atoms with Crippen molar-refractivity contribution in [3.05, 3.63) is 186 Å². The van der Waals surface area contributed by atoms with Gasteiger partial charge in [-0.2, -0.15) is 0 Å². The number of halogens is 1. The maximum atomic E-state index is 3.68. The maximum Gasteiger partial charge on any atom is 0.0542 e. The minimum absolute atomic E-state index is 1.08. The van der Waals surface area contributed by atoms with Crippen molar-refractivity contribution in [3.8, 4) is 5.69 Å². The van der Waals surface area contributed by atoms with Crippen LogP contribution in [-0.2, 0) is 0 Å². The van der Waals surface area contributed by atoms with E-state index in [0.29, 0.717) is 0 Å². The van der Waals surface area contributed by atoms with E-state index >= 15 is 0 Å². The number of fused-ring (bicyclic) bond motifs is 3. The lowest BCUT2D eigenvalue weighted by Gasteiger charge is -2.26. The van der Waals surface area contributed by atoms with Gasteiger partial charge in [0.25, 0.3) is 0 Å². The summed E-state index contributed by atoms with van der Waals surface area (Å²) in [5, 5.41) is 2.39. The molecule has 0 aliphatic heterocycles. The highest BCUT2D eigenvalue weighted by atomic mass is 79.9. The molecule has 47 heavy (non-hydrogen) atoms. The standard InChI is InChI=1S/C43H32BrN3/c1-31-28-32(44)22-25-41(31)47-42-26-23-37(45(33-14-6-2-7-15-33)34-16-8-3-9-17-34)29-39(42)40-30-38(24-27-43(40)47)46(35-18-10-4-11-19-35)36-20-12-5-13-21-36/h2-30H,1H3. The fourth-order valence-corrected chi connectivity index (χ4v) is 7.08. The van der Waals surface area contributed by atoms with E-state index in [1.807, 2.05) is 0 Å². The third-order valence-corrected chi connectivity index (χ3v) is 9.20. The molecule has 7 aromatic carbocycles. The first-order valence-corrected chi connectivity index (χ1v) is 16.6. The highest BCUT2D eigenvalue weighted by Crippen LogP contribution is 2.43. The summed E-state index contributed by atoms with van der Waals surface area (Å²) in [6, 6.07) is 62.6. The Morgan fingerprint density at radius 1 is 0.404 bits per heavy atom. The Kier molecular flexibility index (Phi) is 7.56. The second-order valence-electron chi connectivity index (χ2n) is 11.7. The molecule has 1 aromatic heterocycles. The zero-order valence-corrected chi connectivity index (χ0v) is 27.5. The number of hydrogen-bond donors (Lipinski definition) is 0. The van der Waals surface area contributed by atoms with Crippen molar-refractivity contribution in [2.75, 3.05) is 9.80 Å². The molecule has 0 aliphatic carbocycles. The number of hydrogen-bond acceptors (Lipinski definition) is 2. The molecule has 0 saturated carbocycles. The lowest BCUT2D eigenvalue weighted by Crippen LogP contribution is -2.09. The average Bonchev–Trinajstić information content (AvgIpc) is 3.43. The van der Waals surface area contributed by atoms with Crippen LogP contribution in [0.5, 0.6) is 0 Å². The summed E-state index contributed by atoms with van der Waals surface area (Å²) in [7, 11) is 0. The third kappa shape index (κ3) is 5.37. The van der Waals surface area contributed by atoms with E-state index in [9.17, 15) is 0 Å². The number of nitrogens with zero attached hydrogens (tertiary/aromatic N) is 3. The molecule has 0 fully saturated rings. The van der Waals surface area contributed by atoms with Crippen LogP contribution in [0.3, 0.4) is 0 Å². The molecule has 0 N–H and O–H groups in total. The van der Waals surface area contributed by atoms with Crippen molar-refractivity contribution in [2.24, 2.45) is 0 Å². The average molecular weight is 671 g/mol. The van der Waals surface area contributed by atoms with Crippen LogP contribution in [0.1, 0.15) is 5.56 Å². The van der Waals surface area contributed by atoms with E-state index in [0.717, 1.165) is 38.6 Å². The van der Waals surface area contributed by atoms with Gasteiger partial charge in [0, 0.05) is 55.1 Å². The van der Waals surface area contributed by atoms with Crippen molar-refractivity contribution >= 4 is 71.9 Å². The topological polar surface area (TPSA) is 11.4 Å². The predicted molar refractivity (Wildman–Crippen MR) is 203 cm³/mol. The van der Waals surface area contributed by atoms with E-state index < -0.39 is 0 Å². The number of aromatic nitrogens is 1. The Morgan fingerprint density at radius 2 is 0.787 bits per heavy atom. The van der Waals surface area contributed by atoms with Crippen LogP contribution >= 0.6 is 15.9 Å². The van der Waals surface area contributed by atoms with Gasteiger partial charge in [0.15, 0.2) is 0 Å². The minimum atomic E-state index is 1.08. The first-order valence-electron chi connectivity index (χ1n) is 15.8. The number of aryl methyl sites for hydroxylation is 1. The van der Waals surface area contributed by atoms with E-state index in [-0.39, 0.29) is 0 Å². The molecule has 8 aromatic rings. The number of benzene rings is 7. The second kappa shape index (κ2) is 12.3. The van der Waals surface area contributed by atoms with Gasteiger partial charge >= 0.3 is 0 Å². The molecule has 0 atom stereocenters. The SMILES string of the molecule is Cc1cc(Br)ccc1-n1c2ccc(N(c3ccccc3)c3ccccc3)cc2c2cc(N(c3ccccc3)c3ccccc3)ccc21. The van der Waals surface area contributed by atoms with Crippen molar-refractivity contribution in [1.82, 2.24) is 4.57 Å². The summed E-state index contributed by atoms with van der Waals surface area (Å²) in [4.78, 5) is 4.66. The summed E-state index contributed by atoms with van der Waals surface area (Å²) < 4.78 is 3.48. The Bertz CT molecular complexity index is 2100. The summed E-state index contributed by atoms with van der Waals surface area (Å²) >= 11 is 3.68. The van der Waals surface area contributed by atoms with Crippen molar-refractivity contribution in [3.63, 3.8) is 0 Å². The molecule has 8 rings (SSSR count). The molecule has 0 spiro atoms. The molecule has 0 bridgehead atoms. The Morgan fingerprint density at radius 3 is 1.15 bits per heavy atom. The van der Waals surface area contributed by atoms with Gasteiger partial charge in [0.05, 0.1) is 11.0 Å². The highest BCUT2D eigenvalue weighted by Gasteiger charge is 2.20. The second-order valence-corrected chi connectivity index (χ2v) is 12.6. The Balaban J connectivity index is 1.41. The largest absolute Gasteiger partial charge is 0.310 e. The fraction of sp³-hybridized carbons (Fsp3) is 0.0233. The van der Waals surface area contributed by atoms with Crippen molar-refractivity contribution in [2.45, 2.75) is 6.92 Å². The number of rotatable bonds is 7. The van der Waals surface area contributed by atoms with Gasteiger partial charge in [0.1, 0.15) is 0 Å². The highest BCUT2D eigenvalue weighted by molar-refractivity contribution is 9.10. The molecular weight excluding hydrogens is 638 g/mol. The van der Waals surface area contributed by atoms with E-state index in [1.165, 1.54) is 33.1 Å². The number of para-hydroxylation sites is 4. The first-order chi connectivity index (χ1) is 23.2.